The van der Waals surface area contributed by atoms with Gasteiger partial charge in [-0.1, -0.05) is 35.3 Å². The van der Waals surface area contributed by atoms with Crippen LogP contribution in [0.4, 0.5) is 13.2 Å². The van der Waals surface area contributed by atoms with E-state index in [1.54, 1.807) is 30.3 Å². The van der Waals surface area contributed by atoms with E-state index in [1.807, 2.05) is 4.90 Å². The van der Waals surface area contributed by atoms with E-state index in [0.29, 0.717) is 77.6 Å². The predicted molar refractivity (Wildman–Crippen MR) is 150 cm³/mol. The van der Waals surface area contributed by atoms with Crippen LogP contribution < -0.4 is 0 Å². The first kappa shape index (κ1) is 27.5. The van der Waals surface area contributed by atoms with Crippen molar-refractivity contribution in [2.75, 3.05) is 26.3 Å². The number of nitrogens with zero attached hydrogens (tertiary/aromatic N) is 1. The van der Waals surface area contributed by atoms with Crippen LogP contribution in [0.15, 0.2) is 54.1 Å². The molecule has 1 heterocycles. The molecule has 1 aliphatic heterocycles. The topological polar surface area (TPSA) is 40.5 Å². The van der Waals surface area contributed by atoms with E-state index in [0.717, 1.165) is 16.7 Å². The highest BCUT2D eigenvalue weighted by molar-refractivity contribution is 6.36. The third-order valence-corrected chi connectivity index (χ3v) is 7.78. The Morgan fingerprint density at radius 2 is 1.69 bits per heavy atom. The Hall–Kier alpha value is -3.06. The number of benzene rings is 3. The zero-order valence-corrected chi connectivity index (χ0v) is 22.6. The van der Waals surface area contributed by atoms with Crippen molar-refractivity contribution in [3.63, 3.8) is 0 Å². The third kappa shape index (κ3) is 5.79. The molecular weight excluding hydrogens is 546 g/mol. The molecule has 202 valence electrons. The molecule has 0 aromatic heterocycles. The van der Waals surface area contributed by atoms with Crippen LogP contribution in [0.2, 0.25) is 10.0 Å². The Morgan fingerprint density at radius 3 is 2.36 bits per heavy atom. The molecular formula is C31H26Cl2F3NO2. The fraction of sp³-hybridized carbons (Fsp3) is 0.258. The number of carboxylic acids is 1. The van der Waals surface area contributed by atoms with Gasteiger partial charge in [-0.05, 0) is 107 Å². The maximum absolute atomic E-state index is 15.5. The molecule has 39 heavy (non-hydrogen) atoms. The summed E-state index contributed by atoms with van der Waals surface area (Å²) in [6.45, 7) is 1.35. The van der Waals surface area contributed by atoms with Crippen LogP contribution in [-0.4, -0.2) is 42.3 Å². The number of fused-ring (bicyclic) bond motifs is 1. The van der Waals surface area contributed by atoms with Crippen molar-refractivity contribution in [3.8, 4) is 0 Å². The summed E-state index contributed by atoms with van der Waals surface area (Å²) in [5, 5.41) is 10.4. The summed E-state index contributed by atoms with van der Waals surface area (Å²) in [6, 6.07) is 12.6. The normalized spacial score (nSPS) is 15.6. The van der Waals surface area contributed by atoms with Crippen LogP contribution in [0.5, 0.6) is 0 Å². The maximum Gasteiger partial charge on any atom is 0.335 e. The number of alkyl halides is 1. The van der Waals surface area contributed by atoms with Gasteiger partial charge >= 0.3 is 5.97 Å². The largest absolute Gasteiger partial charge is 0.478 e. The number of carbonyl (C=O) groups is 1. The molecule has 0 spiro atoms. The van der Waals surface area contributed by atoms with Gasteiger partial charge in [-0.2, -0.15) is 0 Å². The number of carboxylic acid groups (broad SMARTS) is 1. The molecule has 0 bridgehead atoms. The van der Waals surface area contributed by atoms with Gasteiger partial charge in [0.15, 0.2) is 0 Å². The molecule has 1 fully saturated rings. The van der Waals surface area contributed by atoms with Gasteiger partial charge in [0.2, 0.25) is 0 Å². The number of aryl methyl sites for hydroxylation is 1. The van der Waals surface area contributed by atoms with E-state index in [1.165, 1.54) is 24.3 Å². The Kier molecular flexibility index (Phi) is 8.17. The molecule has 0 saturated carbocycles. The zero-order valence-electron chi connectivity index (χ0n) is 21.0. The van der Waals surface area contributed by atoms with E-state index in [2.05, 4.69) is 0 Å². The standard InChI is InChI=1S/C31H26Cl2F3NO2/c32-22-6-8-24(27(33)15-22)25-4-1-3-19-12-20(31(38)39)5-7-23(19)30(25)21-13-28(35)26(29(36)14-21)11-18-16-37(17-18)10-2-9-34/h5-8,11-15H,1-4,9-10,16-17H2,(H,38,39). The lowest BCUT2D eigenvalue weighted by Gasteiger charge is -2.33. The molecule has 0 amide bonds. The molecule has 2 aliphatic rings. The second-order valence-corrected chi connectivity index (χ2v) is 10.8. The van der Waals surface area contributed by atoms with Crippen LogP contribution in [0.3, 0.4) is 0 Å². The smallest absolute Gasteiger partial charge is 0.335 e. The van der Waals surface area contributed by atoms with E-state index >= 15 is 8.78 Å². The maximum atomic E-state index is 15.5. The van der Waals surface area contributed by atoms with Crippen molar-refractivity contribution in [1.82, 2.24) is 4.90 Å². The van der Waals surface area contributed by atoms with Crippen molar-refractivity contribution in [3.05, 3.63) is 109 Å². The van der Waals surface area contributed by atoms with Gasteiger partial charge in [0, 0.05) is 35.2 Å². The molecule has 3 aromatic carbocycles. The van der Waals surface area contributed by atoms with Crippen molar-refractivity contribution in [2.45, 2.75) is 25.7 Å². The van der Waals surface area contributed by atoms with Crippen molar-refractivity contribution < 1.29 is 23.1 Å². The van der Waals surface area contributed by atoms with Gasteiger partial charge in [0.1, 0.15) is 11.6 Å². The van der Waals surface area contributed by atoms with Gasteiger partial charge in [-0.25, -0.2) is 13.6 Å². The van der Waals surface area contributed by atoms with Crippen LogP contribution in [0.1, 0.15) is 57.4 Å². The lowest BCUT2D eigenvalue weighted by molar-refractivity contribution is 0.0696. The molecule has 5 rings (SSSR count). The Labute approximate surface area is 235 Å². The lowest BCUT2D eigenvalue weighted by atomic mass is 9.86. The summed E-state index contributed by atoms with van der Waals surface area (Å²) in [4.78, 5) is 13.7. The first-order valence-electron chi connectivity index (χ1n) is 12.8. The zero-order chi connectivity index (χ0) is 27.7. The number of halogens is 5. The van der Waals surface area contributed by atoms with E-state index in [-0.39, 0.29) is 17.8 Å². The minimum Gasteiger partial charge on any atom is -0.478 e. The second-order valence-electron chi connectivity index (χ2n) is 9.92. The number of rotatable bonds is 7. The number of likely N-dealkylation sites (tertiary alicyclic amines) is 1. The Morgan fingerprint density at radius 1 is 0.974 bits per heavy atom. The second kappa shape index (κ2) is 11.6. The van der Waals surface area contributed by atoms with Gasteiger partial charge in [-0.3, -0.25) is 9.29 Å². The minimum atomic E-state index is -1.04. The van der Waals surface area contributed by atoms with E-state index < -0.39 is 17.6 Å². The molecule has 0 radical (unpaired) electrons. The van der Waals surface area contributed by atoms with Crippen molar-refractivity contribution in [1.29, 1.82) is 0 Å². The van der Waals surface area contributed by atoms with Gasteiger partial charge < -0.3 is 5.11 Å². The molecule has 1 N–H and O–H groups in total. The van der Waals surface area contributed by atoms with Crippen molar-refractivity contribution in [2.24, 2.45) is 0 Å². The summed E-state index contributed by atoms with van der Waals surface area (Å²) >= 11 is 12.7. The van der Waals surface area contributed by atoms with Crippen LogP contribution >= 0.6 is 23.2 Å². The average molecular weight is 572 g/mol. The first-order valence-corrected chi connectivity index (χ1v) is 13.5. The fourth-order valence-corrected chi connectivity index (χ4v) is 5.91. The Balaban J connectivity index is 1.63. The van der Waals surface area contributed by atoms with Gasteiger partial charge in [-0.15, -0.1) is 0 Å². The highest BCUT2D eigenvalue weighted by Crippen LogP contribution is 2.43. The van der Waals surface area contributed by atoms with E-state index in [9.17, 15) is 14.3 Å². The van der Waals surface area contributed by atoms with Crippen molar-refractivity contribution >= 4 is 46.4 Å². The summed E-state index contributed by atoms with van der Waals surface area (Å²) in [7, 11) is 0. The fourth-order valence-electron chi connectivity index (χ4n) is 5.39. The lowest BCUT2D eigenvalue weighted by Crippen LogP contribution is -2.40. The summed E-state index contributed by atoms with van der Waals surface area (Å²) in [5.74, 6) is -2.43. The molecule has 3 nitrogen and oxygen atoms in total. The van der Waals surface area contributed by atoms with E-state index in [4.69, 9.17) is 23.2 Å². The Bertz CT molecular complexity index is 1480. The highest BCUT2D eigenvalue weighted by atomic mass is 35.5. The van der Waals surface area contributed by atoms with Gasteiger partial charge in [0.05, 0.1) is 12.2 Å². The SMILES string of the molecule is O=C(O)c1ccc2c(c1)CCCC(c1ccc(Cl)cc1Cl)=C2c1cc(F)c(C=C2CN(CCCF)C2)c(F)c1. The molecule has 3 aromatic rings. The number of hydrogen-bond acceptors (Lipinski definition) is 2. The molecule has 8 heteroatoms. The minimum absolute atomic E-state index is 0.111. The van der Waals surface area contributed by atoms with Crippen LogP contribution in [0, 0.1) is 11.6 Å². The molecule has 0 unspecified atom stereocenters. The number of hydrogen-bond donors (Lipinski definition) is 1. The summed E-state index contributed by atoms with van der Waals surface area (Å²) in [6.07, 6.45) is 3.84. The first-order chi connectivity index (χ1) is 18.7. The van der Waals surface area contributed by atoms with Crippen LogP contribution in [-0.2, 0) is 6.42 Å². The summed E-state index contributed by atoms with van der Waals surface area (Å²) in [5.41, 5.74) is 4.91. The number of aromatic carboxylic acids is 1. The predicted octanol–water partition coefficient (Wildman–Crippen LogP) is 8.32. The number of allylic oxidation sites excluding steroid dienone is 1. The molecule has 0 atom stereocenters. The quantitative estimate of drug-likeness (QED) is 0.310. The average Bonchev–Trinajstić information content (AvgIpc) is 3.05. The monoisotopic (exact) mass is 571 g/mol. The summed E-state index contributed by atoms with van der Waals surface area (Å²) < 4.78 is 43.4. The molecule has 1 saturated heterocycles. The van der Waals surface area contributed by atoms with Gasteiger partial charge in [0.25, 0.3) is 0 Å². The highest BCUT2D eigenvalue weighted by Gasteiger charge is 2.25. The van der Waals surface area contributed by atoms with Crippen LogP contribution in [0.25, 0.3) is 17.2 Å². The third-order valence-electron chi connectivity index (χ3n) is 7.23. The molecule has 1 aliphatic carbocycles.